The van der Waals surface area contributed by atoms with Gasteiger partial charge in [-0.1, -0.05) is 29.8 Å². The summed E-state index contributed by atoms with van der Waals surface area (Å²) in [4.78, 5) is 14.7. The number of nitrogens with zero attached hydrogens (tertiary/aromatic N) is 1. The average Bonchev–Trinajstić information content (AvgIpc) is 3.30. The number of halogens is 1. The van der Waals surface area contributed by atoms with Gasteiger partial charge in [0.15, 0.2) is 11.5 Å². The summed E-state index contributed by atoms with van der Waals surface area (Å²) in [7, 11) is 1.82. The number of hydrazine groups is 1. The Kier molecular flexibility index (Phi) is 4.72. The zero-order valence-corrected chi connectivity index (χ0v) is 15.1. The number of nitrogens with one attached hydrogen (secondary N) is 2. The molecule has 2 aliphatic heterocycles. The molecule has 1 fully saturated rings. The van der Waals surface area contributed by atoms with Gasteiger partial charge in [0, 0.05) is 25.2 Å². The monoisotopic (exact) mass is 373 g/mol. The molecule has 0 aliphatic carbocycles. The number of carbonyl (C=O) groups excluding carboxylic acids is 1. The number of fused-ring (bicyclic) bond motifs is 1. The van der Waals surface area contributed by atoms with E-state index in [0.29, 0.717) is 18.1 Å². The summed E-state index contributed by atoms with van der Waals surface area (Å²) < 4.78 is 10.7. The van der Waals surface area contributed by atoms with Gasteiger partial charge in [-0.3, -0.25) is 10.2 Å². The van der Waals surface area contributed by atoms with Gasteiger partial charge < -0.3 is 14.4 Å². The molecule has 0 bridgehead atoms. The average molecular weight is 374 g/mol. The summed E-state index contributed by atoms with van der Waals surface area (Å²) in [6.07, 6.45) is 0. The highest BCUT2D eigenvalue weighted by atomic mass is 35.5. The molecule has 2 aromatic carbocycles. The van der Waals surface area contributed by atoms with Gasteiger partial charge >= 0.3 is 0 Å². The van der Waals surface area contributed by atoms with E-state index in [0.717, 1.165) is 22.6 Å². The van der Waals surface area contributed by atoms with Gasteiger partial charge in [-0.2, -0.15) is 0 Å². The van der Waals surface area contributed by atoms with Gasteiger partial charge in [0.25, 0.3) is 0 Å². The van der Waals surface area contributed by atoms with Crippen LogP contribution in [0.3, 0.4) is 0 Å². The Morgan fingerprint density at radius 3 is 2.77 bits per heavy atom. The van der Waals surface area contributed by atoms with Crippen LogP contribution in [-0.4, -0.2) is 31.2 Å². The van der Waals surface area contributed by atoms with Crippen molar-refractivity contribution in [2.75, 3.05) is 20.4 Å². The highest BCUT2D eigenvalue weighted by molar-refractivity contribution is 6.30. The highest BCUT2D eigenvalue weighted by Gasteiger charge is 2.35. The summed E-state index contributed by atoms with van der Waals surface area (Å²) in [5.41, 5.74) is 8.34. The SMILES string of the molecule is CN(Cc1ccc2c(c1)OCO2)C(=O)C1CNNC1c1ccc(Cl)cc1. The zero-order valence-electron chi connectivity index (χ0n) is 14.4. The molecule has 7 heteroatoms. The van der Waals surface area contributed by atoms with E-state index in [4.69, 9.17) is 21.1 Å². The predicted molar refractivity (Wildman–Crippen MR) is 97.9 cm³/mol. The molecule has 4 rings (SSSR count). The van der Waals surface area contributed by atoms with Crippen molar-refractivity contribution in [1.82, 2.24) is 15.8 Å². The maximum Gasteiger partial charge on any atom is 0.231 e. The Morgan fingerprint density at radius 1 is 1.19 bits per heavy atom. The van der Waals surface area contributed by atoms with Crippen LogP contribution in [-0.2, 0) is 11.3 Å². The third-order valence-corrected chi connectivity index (χ3v) is 5.01. The van der Waals surface area contributed by atoms with Crippen molar-refractivity contribution in [2.24, 2.45) is 5.92 Å². The lowest BCUT2D eigenvalue weighted by molar-refractivity contribution is -0.134. The molecule has 2 aliphatic rings. The van der Waals surface area contributed by atoms with Crippen molar-refractivity contribution in [3.8, 4) is 11.5 Å². The molecule has 2 atom stereocenters. The zero-order chi connectivity index (χ0) is 18.1. The number of amides is 1. The van der Waals surface area contributed by atoms with E-state index in [1.54, 1.807) is 4.90 Å². The van der Waals surface area contributed by atoms with Gasteiger partial charge in [-0.05, 0) is 35.4 Å². The molecule has 2 N–H and O–H groups in total. The van der Waals surface area contributed by atoms with Crippen LogP contribution in [0, 0.1) is 5.92 Å². The topological polar surface area (TPSA) is 62.8 Å². The van der Waals surface area contributed by atoms with E-state index < -0.39 is 0 Å². The van der Waals surface area contributed by atoms with E-state index >= 15 is 0 Å². The normalized spacial score (nSPS) is 21.0. The van der Waals surface area contributed by atoms with Crippen molar-refractivity contribution in [3.63, 3.8) is 0 Å². The first kappa shape index (κ1) is 17.1. The van der Waals surface area contributed by atoms with Crippen LogP contribution in [0.2, 0.25) is 5.02 Å². The van der Waals surface area contributed by atoms with Gasteiger partial charge in [-0.15, -0.1) is 0 Å². The first-order valence-electron chi connectivity index (χ1n) is 8.49. The van der Waals surface area contributed by atoms with E-state index in [2.05, 4.69) is 10.9 Å². The summed E-state index contributed by atoms with van der Waals surface area (Å²) >= 11 is 5.97. The minimum atomic E-state index is -0.185. The Balaban J connectivity index is 1.46. The summed E-state index contributed by atoms with van der Waals surface area (Å²) in [5, 5.41) is 0.683. The second-order valence-corrected chi connectivity index (χ2v) is 6.98. The summed E-state index contributed by atoms with van der Waals surface area (Å²) in [5.74, 6) is 1.37. The molecule has 26 heavy (non-hydrogen) atoms. The molecule has 1 amide bonds. The molecule has 1 saturated heterocycles. The lowest BCUT2D eigenvalue weighted by Crippen LogP contribution is -2.36. The van der Waals surface area contributed by atoms with E-state index in [-0.39, 0.29) is 24.7 Å². The molecule has 2 unspecified atom stereocenters. The van der Waals surface area contributed by atoms with Crippen molar-refractivity contribution in [3.05, 3.63) is 58.6 Å². The van der Waals surface area contributed by atoms with E-state index in [1.807, 2.05) is 49.5 Å². The fourth-order valence-electron chi connectivity index (χ4n) is 3.39. The first-order valence-corrected chi connectivity index (χ1v) is 8.87. The molecular formula is C19H20ClN3O3. The lowest BCUT2D eigenvalue weighted by Gasteiger charge is -2.24. The van der Waals surface area contributed by atoms with Crippen LogP contribution in [0.4, 0.5) is 0 Å². The number of hydrogen-bond donors (Lipinski definition) is 2. The Hall–Kier alpha value is -2.28. The molecule has 0 spiro atoms. The number of benzene rings is 2. The number of carbonyl (C=O) groups is 1. The van der Waals surface area contributed by atoms with E-state index in [1.165, 1.54) is 0 Å². The van der Waals surface area contributed by atoms with Crippen LogP contribution < -0.4 is 20.3 Å². The third kappa shape index (κ3) is 3.35. The number of ether oxygens (including phenoxy) is 2. The maximum absolute atomic E-state index is 13.0. The smallest absolute Gasteiger partial charge is 0.231 e. The van der Waals surface area contributed by atoms with Gasteiger partial charge in [0.1, 0.15) is 0 Å². The predicted octanol–water partition coefficient (Wildman–Crippen LogP) is 2.49. The maximum atomic E-state index is 13.0. The largest absolute Gasteiger partial charge is 0.454 e. The third-order valence-electron chi connectivity index (χ3n) is 4.76. The molecule has 6 nitrogen and oxygen atoms in total. The Labute approximate surface area is 157 Å². The van der Waals surface area contributed by atoms with Gasteiger partial charge in [-0.25, -0.2) is 5.43 Å². The fraction of sp³-hybridized carbons (Fsp3) is 0.316. The second-order valence-electron chi connectivity index (χ2n) is 6.54. The molecule has 2 heterocycles. The van der Waals surface area contributed by atoms with Crippen LogP contribution in [0.25, 0.3) is 0 Å². The van der Waals surface area contributed by atoms with Crippen LogP contribution in [0.5, 0.6) is 11.5 Å². The standard InChI is InChI=1S/C19H20ClN3O3/c1-23(10-12-2-7-16-17(8-12)26-11-25-16)19(24)15-9-21-22-18(15)13-3-5-14(20)6-4-13/h2-8,15,18,21-22H,9-11H2,1H3. The quantitative estimate of drug-likeness (QED) is 0.862. The highest BCUT2D eigenvalue weighted by Crippen LogP contribution is 2.33. The number of hydrogen-bond acceptors (Lipinski definition) is 5. The second kappa shape index (κ2) is 7.15. The van der Waals surface area contributed by atoms with Crippen molar-refractivity contribution in [2.45, 2.75) is 12.6 Å². The van der Waals surface area contributed by atoms with Crippen molar-refractivity contribution in [1.29, 1.82) is 0 Å². The lowest BCUT2D eigenvalue weighted by atomic mass is 9.93. The van der Waals surface area contributed by atoms with Crippen LogP contribution in [0.1, 0.15) is 17.2 Å². The molecule has 2 aromatic rings. The summed E-state index contributed by atoms with van der Waals surface area (Å²) in [6.45, 7) is 1.34. The van der Waals surface area contributed by atoms with Gasteiger partial charge in [0.05, 0.1) is 12.0 Å². The minimum absolute atomic E-state index is 0.0834. The summed E-state index contributed by atoms with van der Waals surface area (Å²) in [6, 6.07) is 13.3. The number of rotatable bonds is 4. The fourth-order valence-corrected chi connectivity index (χ4v) is 3.51. The molecule has 0 radical (unpaired) electrons. The molecule has 0 aromatic heterocycles. The first-order chi connectivity index (χ1) is 12.6. The van der Waals surface area contributed by atoms with Crippen molar-refractivity contribution >= 4 is 17.5 Å². The minimum Gasteiger partial charge on any atom is -0.454 e. The molecule has 136 valence electrons. The van der Waals surface area contributed by atoms with Crippen LogP contribution >= 0.6 is 11.6 Å². The van der Waals surface area contributed by atoms with Gasteiger partial charge in [0.2, 0.25) is 12.7 Å². The van der Waals surface area contributed by atoms with Crippen LogP contribution in [0.15, 0.2) is 42.5 Å². The van der Waals surface area contributed by atoms with Crippen molar-refractivity contribution < 1.29 is 14.3 Å². The Morgan fingerprint density at radius 2 is 1.96 bits per heavy atom. The van der Waals surface area contributed by atoms with E-state index in [9.17, 15) is 4.79 Å². The Bertz CT molecular complexity index is 812. The molecule has 0 saturated carbocycles. The molecular weight excluding hydrogens is 354 g/mol.